The molecular formula is C21H23ClN2O3. The van der Waals surface area contributed by atoms with Gasteiger partial charge in [-0.1, -0.05) is 11.6 Å². The molecule has 1 unspecified atom stereocenters. The molecule has 0 radical (unpaired) electrons. The first-order valence-corrected chi connectivity index (χ1v) is 9.35. The molecule has 2 aromatic carbocycles. The lowest BCUT2D eigenvalue weighted by atomic mass is 10.1. The molecule has 2 aromatic rings. The van der Waals surface area contributed by atoms with Crippen molar-refractivity contribution in [3.63, 3.8) is 0 Å². The molecule has 3 rings (SSSR count). The second kappa shape index (κ2) is 8.01. The highest BCUT2D eigenvalue weighted by Crippen LogP contribution is 2.28. The third-order valence-electron chi connectivity index (χ3n) is 4.46. The summed E-state index contributed by atoms with van der Waals surface area (Å²) in [5.41, 5.74) is 2.37. The quantitative estimate of drug-likeness (QED) is 0.827. The van der Waals surface area contributed by atoms with E-state index < -0.39 is 0 Å². The van der Waals surface area contributed by atoms with Gasteiger partial charge < -0.3 is 15.0 Å². The van der Waals surface area contributed by atoms with E-state index in [0.717, 1.165) is 17.0 Å². The number of rotatable bonds is 5. The van der Waals surface area contributed by atoms with Crippen molar-refractivity contribution in [3.05, 3.63) is 53.1 Å². The molecule has 1 saturated heterocycles. The second-order valence-corrected chi connectivity index (χ2v) is 7.45. The van der Waals surface area contributed by atoms with E-state index in [4.69, 9.17) is 16.3 Å². The number of halogens is 1. The molecule has 2 amide bonds. The van der Waals surface area contributed by atoms with Gasteiger partial charge in [-0.05, 0) is 68.8 Å². The van der Waals surface area contributed by atoms with Crippen LogP contribution in [0.4, 0.5) is 11.4 Å². The molecule has 0 bridgehead atoms. The van der Waals surface area contributed by atoms with Crippen LogP contribution in [0.3, 0.4) is 0 Å². The Labute approximate surface area is 164 Å². The topological polar surface area (TPSA) is 58.6 Å². The molecule has 1 aliphatic heterocycles. The van der Waals surface area contributed by atoms with Gasteiger partial charge in [-0.3, -0.25) is 9.59 Å². The van der Waals surface area contributed by atoms with Crippen molar-refractivity contribution in [2.75, 3.05) is 16.8 Å². The van der Waals surface area contributed by atoms with Gasteiger partial charge >= 0.3 is 0 Å². The van der Waals surface area contributed by atoms with Crippen molar-refractivity contribution in [2.45, 2.75) is 33.3 Å². The zero-order valence-electron chi connectivity index (χ0n) is 15.7. The zero-order valence-corrected chi connectivity index (χ0v) is 16.4. The van der Waals surface area contributed by atoms with Crippen LogP contribution in [-0.2, 0) is 9.59 Å². The van der Waals surface area contributed by atoms with E-state index in [1.165, 1.54) is 0 Å². The minimum Gasteiger partial charge on any atom is -0.491 e. The normalized spacial score (nSPS) is 16.7. The zero-order chi connectivity index (χ0) is 19.6. The molecule has 6 heteroatoms. The summed E-state index contributed by atoms with van der Waals surface area (Å²) in [7, 11) is 0. The van der Waals surface area contributed by atoms with Crippen molar-refractivity contribution in [2.24, 2.45) is 5.92 Å². The lowest BCUT2D eigenvalue weighted by molar-refractivity contribution is -0.122. The molecule has 0 aromatic heterocycles. The minimum atomic E-state index is -0.390. The van der Waals surface area contributed by atoms with E-state index in [0.29, 0.717) is 17.3 Å². The van der Waals surface area contributed by atoms with Crippen LogP contribution in [0.5, 0.6) is 5.75 Å². The molecule has 1 aliphatic rings. The fourth-order valence-corrected chi connectivity index (χ4v) is 3.34. The van der Waals surface area contributed by atoms with Gasteiger partial charge in [0.25, 0.3) is 0 Å². The van der Waals surface area contributed by atoms with Crippen LogP contribution in [0.15, 0.2) is 42.5 Å². The molecule has 1 N–H and O–H groups in total. The molecule has 5 nitrogen and oxygen atoms in total. The average molecular weight is 387 g/mol. The van der Waals surface area contributed by atoms with Crippen LogP contribution in [0.1, 0.15) is 25.8 Å². The van der Waals surface area contributed by atoms with Gasteiger partial charge in [-0.25, -0.2) is 0 Å². The number of ether oxygens (including phenoxy) is 1. The number of anilines is 2. The van der Waals surface area contributed by atoms with Crippen LogP contribution in [0.25, 0.3) is 0 Å². The number of carbonyl (C=O) groups is 2. The second-order valence-electron chi connectivity index (χ2n) is 7.01. The Kier molecular flexibility index (Phi) is 5.71. The van der Waals surface area contributed by atoms with E-state index >= 15 is 0 Å². The van der Waals surface area contributed by atoms with Crippen LogP contribution >= 0.6 is 11.6 Å². The summed E-state index contributed by atoms with van der Waals surface area (Å²) in [4.78, 5) is 26.7. The molecule has 0 saturated carbocycles. The Bertz CT molecular complexity index is 849. The summed E-state index contributed by atoms with van der Waals surface area (Å²) >= 11 is 5.95. The predicted octanol–water partition coefficient (Wildman–Crippen LogP) is 4.43. The Morgan fingerprint density at radius 2 is 1.93 bits per heavy atom. The highest BCUT2D eigenvalue weighted by atomic mass is 35.5. The SMILES string of the molecule is Cc1cc(Cl)ccc1NC(=O)C1CC(=O)N(c2ccc(OC(C)C)cc2)C1. The van der Waals surface area contributed by atoms with Gasteiger partial charge in [-0.15, -0.1) is 0 Å². The number of benzene rings is 2. The first-order chi connectivity index (χ1) is 12.8. The Balaban J connectivity index is 1.66. The standard InChI is InChI=1S/C21H23ClN2O3/c1-13(2)27-18-7-5-17(6-8-18)24-12-15(11-20(24)25)21(26)23-19-9-4-16(22)10-14(19)3/h4-10,13,15H,11-12H2,1-3H3,(H,23,26). The smallest absolute Gasteiger partial charge is 0.229 e. The van der Waals surface area contributed by atoms with Crippen molar-refractivity contribution in [3.8, 4) is 5.75 Å². The van der Waals surface area contributed by atoms with E-state index in [1.807, 2.05) is 45.0 Å². The highest BCUT2D eigenvalue weighted by Gasteiger charge is 2.35. The maximum atomic E-state index is 12.6. The van der Waals surface area contributed by atoms with Gasteiger partial charge in [-0.2, -0.15) is 0 Å². The number of nitrogens with zero attached hydrogens (tertiary/aromatic N) is 1. The number of nitrogens with one attached hydrogen (secondary N) is 1. The van der Waals surface area contributed by atoms with Crippen molar-refractivity contribution in [1.82, 2.24) is 0 Å². The summed E-state index contributed by atoms with van der Waals surface area (Å²) in [5.74, 6) is 0.156. The highest BCUT2D eigenvalue weighted by molar-refractivity contribution is 6.30. The molecule has 0 aliphatic carbocycles. The molecular weight excluding hydrogens is 364 g/mol. The molecule has 0 spiro atoms. The Morgan fingerprint density at radius 1 is 1.22 bits per heavy atom. The van der Waals surface area contributed by atoms with Gasteiger partial charge in [0.15, 0.2) is 0 Å². The summed E-state index contributed by atoms with van der Waals surface area (Å²) in [5, 5.41) is 3.53. The molecule has 1 heterocycles. The van der Waals surface area contributed by atoms with E-state index in [9.17, 15) is 9.59 Å². The molecule has 1 fully saturated rings. The predicted molar refractivity (Wildman–Crippen MR) is 107 cm³/mol. The Morgan fingerprint density at radius 3 is 2.56 bits per heavy atom. The summed E-state index contributed by atoms with van der Waals surface area (Å²) in [6, 6.07) is 12.7. The van der Waals surface area contributed by atoms with Crippen LogP contribution in [-0.4, -0.2) is 24.5 Å². The third-order valence-corrected chi connectivity index (χ3v) is 4.70. The summed E-state index contributed by atoms with van der Waals surface area (Å²) in [6.07, 6.45) is 0.288. The Hall–Kier alpha value is -2.53. The van der Waals surface area contributed by atoms with Gasteiger partial charge in [0.2, 0.25) is 11.8 Å². The van der Waals surface area contributed by atoms with Gasteiger partial charge in [0.1, 0.15) is 5.75 Å². The van der Waals surface area contributed by atoms with E-state index in [-0.39, 0.29) is 30.3 Å². The van der Waals surface area contributed by atoms with E-state index in [2.05, 4.69) is 5.32 Å². The average Bonchev–Trinajstić information content (AvgIpc) is 2.99. The van der Waals surface area contributed by atoms with Crippen LogP contribution < -0.4 is 15.0 Å². The maximum Gasteiger partial charge on any atom is 0.229 e. The van der Waals surface area contributed by atoms with Crippen molar-refractivity contribution < 1.29 is 14.3 Å². The monoisotopic (exact) mass is 386 g/mol. The molecule has 1 atom stereocenters. The summed E-state index contributed by atoms with van der Waals surface area (Å²) < 4.78 is 5.63. The lowest BCUT2D eigenvalue weighted by Gasteiger charge is -2.18. The van der Waals surface area contributed by atoms with Crippen molar-refractivity contribution in [1.29, 1.82) is 0 Å². The van der Waals surface area contributed by atoms with Crippen molar-refractivity contribution >= 4 is 34.8 Å². The number of hydrogen-bond acceptors (Lipinski definition) is 3. The largest absolute Gasteiger partial charge is 0.491 e. The maximum absolute atomic E-state index is 12.6. The van der Waals surface area contributed by atoms with Gasteiger partial charge in [0.05, 0.1) is 12.0 Å². The lowest BCUT2D eigenvalue weighted by Crippen LogP contribution is -2.28. The number of aryl methyl sites for hydroxylation is 1. The first kappa shape index (κ1) is 19.2. The number of hydrogen-bond donors (Lipinski definition) is 1. The fraction of sp³-hybridized carbons (Fsp3) is 0.333. The third kappa shape index (κ3) is 4.61. The fourth-order valence-electron chi connectivity index (χ4n) is 3.11. The molecule has 142 valence electrons. The minimum absolute atomic E-state index is 0.0551. The van der Waals surface area contributed by atoms with Gasteiger partial charge in [0, 0.05) is 29.4 Å². The van der Waals surface area contributed by atoms with Crippen LogP contribution in [0.2, 0.25) is 5.02 Å². The van der Waals surface area contributed by atoms with Crippen LogP contribution in [0, 0.1) is 12.8 Å². The summed E-state index contributed by atoms with van der Waals surface area (Å²) in [6.45, 7) is 6.17. The van der Waals surface area contributed by atoms with E-state index in [1.54, 1.807) is 23.1 Å². The number of amides is 2. The number of carbonyl (C=O) groups excluding carboxylic acids is 2. The molecule has 27 heavy (non-hydrogen) atoms. The first-order valence-electron chi connectivity index (χ1n) is 8.97.